The lowest BCUT2D eigenvalue weighted by Crippen LogP contribution is -2.37. The van der Waals surface area contributed by atoms with Crippen molar-refractivity contribution >= 4 is 17.7 Å². The first kappa shape index (κ1) is 17.0. The first-order valence-electron chi connectivity index (χ1n) is 6.88. The Morgan fingerprint density at radius 3 is 2.29 bits per heavy atom. The van der Waals surface area contributed by atoms with Gasteiger partial charge in [-0.25, -0.2) is 9.59 Å². The predicted molar refractivity (Wildman–Crippen MR) is 84.0 cm³/mol. The highest BCUT2D eigenvalue weighted by molar-refractivity contribution is 6.01. The second-order valence-electron chi connectivity index (χ2n) is 6.66. The molecule has 0 heterocycles. The van der Waals surface area contributed by atoms with Gasteiger partial charge in [0.1, 0.15) is 0 Å². The second-order valence-corrected chi connectivity index (χ2v) is 6.66. The van der Waals surface area contributed by atoms with Crippen LogP contribution in [0.2, 0.25) is 0 Å². The molecule has 0 aliphatic carbocycles. The average molecular weight is 292 g/mol. The Morgan fingerprint density at radius 2 is 1.81 bits per heavy atom. The predicted octanol–water partition coefficient (Wildman–Crippen LogP) is 3.51. The van der Waals surface area contributed by atoms with Crippen molar-refractivity contribution < 1.29 is 14.7 Å². The molecule has 5 nitrogen and oxygen atoms in total. The highest BCUT2D eigenvalue weighted by Crippen LogP contribution is 2.24. The van der Waals surface area contributed by atoms with Crippen LogP contribution < -0.4 is 5.32 Å². The normalized spacial score (nSPS) is 11.1. The highest BCUT2D eigenvalue weighted by Gasteiger charge is 2.20. The maximum atomic E-state index is 12.2. The van der Waals surface area contributed by atoms with Crippen LogP contribution in [0.15, 0.2) is 12.1 Å². The Kier molecular flexibility index (Phi) is 4.99. The van der Waals surface area contributed by atoms with Crippen LogP contribution in [0.4, 0.5) is 10.5 Å². The molecule has 116 valence electrons. The van der Waals surface area contributed by atoms with Crippen molar-refractivity contribution in [3.63, 3.8) is 0 Å². The number of carboxylic acid groups (broad SMARTS) is 1. The standard InChI is InChI=1S/C16H24N2O3/c1-10-7-11(2)13(12(8-10)14(19)20)17-15(21)18(6)9-16(3,4)5/h7-8H,9H2,1-6H3,(H,17,21)(H,19,20). The minimum absolute atomic E-state index is 0.0238. The van der Waals surface area contributed by atoms with Crippen LogP contribution in [0, 0.1) is 19.3 Å². The van der Waals surface area contributed by atoms with Crippen molar-refractivity contribution in [2.75, 3.05) is 18.9 Å². The number of anilines is 1. The molecule has 0 saturated heterocycles. The number of amides is 2. The molecular weight excluding hydrogens is 268 g/mol. The molecule has 0 aliphatic rings. The van der Waals surface area contributed by atoms with Gasteiger partial charge < -0.3 is 15.3 Å². The average Bonchev–Trinajstić information content (AvgIpc) is 2.29. The fraction of sp³-hybridized carbons (Fsp3) is 0.500. The molecule has 0 bridgehead atoms. The summed E-state index contributed by atoms with van der Waals surface area (Å²) in [6.07, 6.45) is 0. The molecule has 0 radical (unpaired) electrons. The number of hydrogen-bond donors (Lipinski definition) is 2. The van der Waals surface area contributed by atoms with Crippen LogP contribution in [0.25, 0.3) is 0 Å². The molecule has 0 unspecified atom stereocenters. The third-order valence-corrected chi connectivity index (χ3v) is 3.00. The molecule has 0 atom stereocenters. The van der Waals surface area contributed by atoms with Gasteiger partial charge in [0.05, 0.1) is 11.3 Å². The molecule has 0 saturated carbocycles. The number of carbonyl (C=O) groups excluding carboxylic acids is 1. The van der Waals surface area contributed by atoms with E-state index in [2.05, 4.69) is 5.32 Å². The molecule has 5 heteroatoms. The van der Waals surface area contributed by atoms with Gasteiger partial charge in [0.2, 0.25) is 0 Å². The summed E-state index contributed by atoms with van der Waals surface area (Å²) in [7, 11) is 1.70. The molecule has 1 aromatic carbocycles. The van der Waals surface area contributed by atoms with Gasteiger partial charge in [0.15, 0.2) is 0 Å². The van der Waals surface area contributed by atoms with E-state index in [1.54, 1.807) is 24.9 Å². The fourth-order valence-corrected chi connectivity index (χ4v) is 2.29. The summed E-state index contributed by atoms with van der Waals surface area (Å²) in [4.78, 5) is 25.1. The Bertz CT molecular complexity index is 559. The van der Waals surface area contributed by atoms with Gasteiger partial charge in [0, 0.05) is 13.6 Å². The van der Waals surface area contributed by atoms with E-state index >= 15 is 0 Å². The topological polar surface area (TPSA) is 69.6 Å². The number of carbonyl (C=O) groups is 2. The zero-order valence-corrected chi connectivity index (χ0v) is 13.6. The van der Waals surface area contributed by atoms with E-state index in [-0.39, 0.29) is 17.0 Å². The molecule has 1 rings (SSSR count). The van der Waals surface area contributed by atoms with E-state index in [0.29, 0.717) is 12.2 Å². The monoisotopic (exact) mass is 292 g/mol. The minimum atomic E-state index is -1.05. The van der Waals surface area contributed by atoms with Crippen molar-refractivity contribution in [2.45, 2.75) is 34.6 Å². The van der Waals surface area contributed by atoms with E-state index in [9.17, 15) is 14.7 Å². The van der Waals surface area contributed by atoms with Gasteiger partial charge in [-0.05, 0) is 36.5 Å². The van der Waals surface area contributed by atoms with E-state index in [1.807, 2.05) is 33.8 Å². The molecule has 0 fully saturated rings. The second kappa shape index (κ2) is 6.16. The Balaban J connectivity index is 3.02. The van der Waals surface area contributed by atoms with Gasteiger partial charge in [-0.3, -0.25) is 0 Å². The summed E-state index contributed by atoms with van der Waals surface area (Å²) in [5.74, 6) is -1.05. The summed E-state index contributed by atoms with van der Waals surface area (Å²) < 4.78 is 0. The lowest BCUT2D eigenvalue weighted by molar-refractivity contribution is 0.0698. The largest absolute Gasteiger partial charge is 0.478 e. The number of aryl methyl sites for hydroxylation is 2. The van der Waals surface area contributed by atoms with Crippen LogP contribution >= 0.6 is 0 Å². The van der Waals surface area contributed by atoms with E-state index in [4.69, 9.17) is 0 Å². The number of hydrogen-bond acceptors (Lipinski definition) is 2. The molecule has 21 heavy (non-hydrogen) atoms. The Hall–Kier alpha value is -2.04. The zero-order chi connectivity index (χ0) is 16.4. The number of rotatable bonds is 3. The highest BCUT2D eigenvalue weighted by atomic mass is 16.4. The van der Waals surface area contributed by atoms with Crippen LogP contribution in [0.5, 0.6) is 0 Å². The van der Waals surface area contributed by atoms with E-state index in [0.717, 1.165) is 11.1 Å². The van der Waals surface area contributed by atoms with Crippen LogP contribution in [-0.4, -0.2) is 35.6 Å². The van der Waals surface area contributed by atoms with Crippen LogP contribution in [-0.2, 0) is 0 Å². The summed E-state index contributed by atoms with van der Waals surface area (Å²) in [5, 5.41) is 12.0. The molecular formula is C16H24N2O3. The van der Waals surface area contributed by atoms with Gasteiger partial charge in [-0.2, -0.15) is 0 Å². The Morgan fingerprint density at radius 1 is 1.24 bits per heavy atom. The van der Waals surface area contributed by atoms with Crippen molar-refractivity contribution in [3.05, 3.63) is 28.8 Å². The van der Waals surface area contributed by atoms with E-state index < -0.39 is 5.97 Å². The molecule has 2 N–H and O–H groups in total. The first-order valence-corrected chi connectivity index (χ1v) is 6.88. The lowest BCUT2D eigenvalue weighted by atomic mass is 9.96. The number of nitrogens with one attached hydrogen (secondary N) is 1. The lowest BCUT2D eigenvalue weighted by Gasteiger charge is -2.27. The zero-order valence-electron chi connectivity index (χ0n) is 13.6. The number of benzene rings is 1. The van der Waals surface area contributed by atoms with Gasteiger partial charge in [0.25, 0.3) is 0 Å². The first-order chi connectivity index (χ1) is 9.51. The Labute approximate surface area is 126 Å². The van der Waals surface area contributed by atoms with Crippen molar-refractivity contribution in [1.29, 1.82) is 0 Å². The van der Waals surface area contributed by atoms with Crippen molar-refractivity contribution in [1.82, 2.24) is 4.90 Å². The summed E-state index contributed by atoms with van der Waals surface area (Å²) in [6, 6.07) is 3.11. The number of carboxylic acids is 1. The van der Waals surface area contributed by atoms with Crippen molar-refractivity contribution in [2.24, 2.45) is 5.41 Å². The summed E-state index contributed by atoms with van der Waals surface area (Å²) in [6.45, 7) is 10.3. The van der Waals surface area contributed by atoms with Gasteiger partial charge in [-0.15, -0.1) is 0 Å². The molecule has 1 aromatic rings. The van der Waals surface area contributed by atoms with Gasteiger partial charge >= 0.3 is 12.0 Å². The molecule has 2 amide bonds. The van der Waals surface area contributed by atoms with Crippen LogP contribution in [0.1, 0.15) is 42.3 Å². The number of urea groups is 1. The number of nitrogens with zero attached hydrogens (tertiary/aromatic N) is 1. The molecule has 0 spiro atoms. The third kappa shape index (κ3) is 4.77. The molecule has 0 aromatic heterocycles. The summed E-state index contributed by atoms with van der Waals surface area (Å²) >= 11 is 0. The summed E-state index contributed by atoms with van der Waals surface area (Å²) in [5.41, 5.74) is 2.05. The van der Waals surface area contributed by atoms with Crippen molar-refractivity contribution in [3.8, 4) is 0 Å². The smallest absolute Gasteiger partial charge is 0.337 e. The van der Waals surface area contributed by atoms with Gasteiger partial charge in [-0.1, -0.05) is 26.8 Å². The molecule has 0 aliphatic heterocycles. The van der Waals surface area contributed by atoms with Crippen LogP contribution in [0.3, 0.4) is 0 Å². The minimum Gasteiger partial charge on any atom is -0.478 e. The fourth-order valence-electron chi connectivity index (χ4n) is 2.29. The quantitative estimate of drug-likeness (QED) is 0.895. The third-order valence-electron chi connectivity index (χ3n) is 3.00. The maximum Gasteiger partial charge on any atom is 0.337 e. The SMILES string of the molecule is Cc1cc(C)c(NC(=O)N(C)CC(C)(C)C)c(C(=O)O)c1. The number of aromatic carboxylic acids is 1. The maximum absolute atomic E-state index is 12.2. The van der Waals surface area contributed by atoms with E-state index in [1.165, 1.54) is 0 Å².